The van der Waals surface area contributed by atoms with Crippen LogP contribution >= 0.6 is 11.8 Å². The van der Waals surface area contributed by atoms with Gasteiger partial charge in [0, 0.05) is 24.2 Å². The summed E-state index contributed by atoms with van der Waals surface area (Å²) in [5.74, 6) is -0.230. The molecule has 1 aromatic rings. The molecule has 1 aromatic carbocycles. The summed E-state index contributed by atoms with van der Waals surface area (Å²) in [4.78, 5) is 28.5. The number of rotatable bonds is 2. The average Bonchev–Trinajstić information content (AvgIpc) is 2.86. The van der Waals surface area contributed by atoms with E-state index in [2.05, 4.69) is 4.99 Å². The highest BCUT2D eigenvalue weighted by atomic mass is 32.2. The molecule has 0 aliphatic carbocycles. The van der Waals surface area contributed by atoms with E-state index in [1.165, 1.54) is 23.9 Å². The molecule has 0 unspecified atom stereocenters. The lowest BCUT2D eigenvalue weighted by molar-refractivity contribution is -0.384. The van der Waals surface area contributed by atoms with Gasteiger partial charge in [-0.2, -0.15) is 0 Å². The smallest absolute Gasteiger partial charge is 0.270 e. The number of amides is 1. The fourth-order valence-corrected chi connectivity index (χ4v) is 2.50. The number of hydrogen-bond donors (Lipinski definition) is 0. The van der Waals surface area contributed by atoms with Crippen molar-refractivity contribution in [3.8, 4) is 0 Å². The van der Waals surface area contributed by atoms with Crippen LogP contribution in [-0.2, 0) is 0 Å². The Hall–Kier alpha value is -1.89. The number of carbonyl (C=O) groups is 1. The highest BCUT2D eigenvalue weighted by Gasteiger charge is 2.26. The number of aliphatic imine (C=N–C) groups is 1. The number of nitrogens with zero attached hydrogens (tertiary/aromatic N) is 3. The lowest BCUT2D eigenvalue weighted by Gasteiger charge is -2.17. The molecule has 0 atom stereocenters. The van der Waals surface area contributed by atoms with E-state index < -0.39 is 4.92 Å². The molecular weight excluding hydrogens is 266 g/mol. The fourth-order valence-electron chi connectivity index (χ4n) is 1.89. The highest BCUT2D eigenvalue weighted by molar-refractivity contribution is 8.13. The van der Waals surface area contributed by atoms with Crippen molar-refractivity contribution in [3.63, 3.8) is 0 Å². The maximum Gasteiger partial charge on any atom is 0.270 e. The summed E-state index contributed by atoms with van der Waals surface area (Å²) in [5, 5.41) is 11.4. The number of aryl methyl sites for hydroxylation is 1. The van der Waals surface area contributed by atoms with Crippen molar-refractivity contribution in [2.24, 2.45) is 4.99 Å². The molecule has 0 spiro atoms. The molecule has 0 radical (unpaired) electrons. The number of amidine groups is 1. The van der Waals surface area contributed by atoms with Crippen molar-refractivity contribution in [2.75, 3.05) is 19.3 Å². The van der Waals surface area contributed by atoms with Gasteiger partial charge in [-0.1, -0.05) is 17.8 Å². The van der Waals surface area contributed by atoms with Crippen molar-refractivity contribution in [3.05, 3.63) is 39.4 Å². The van der Waals surface area contributed by atoms with Crippen molar-refractivity contribution < 1.29 is 9.72 Å². The Kier molecular flexibility index (Phi) is 3.84. The SMILES string of the molecule is CSC1=NCCN1C(=O)c1cc([N+](=O)[O-])ccc1C. The monoisotopic (exact) mass is 279 g/mol. The van der Waals surface area contributed by atoms with Gasteiger partial charge < -0.3 is 0 Å². The molecule has 1 aliphatic rings. The first-order chi connectivity index (χ1) is 9.04. The van der Waals surface area contributed by atoms with Crippen LogP contribution in [0.1, 0.15) is 15.9 Å². The first-order valence-electron chi connectivity index (χ1n) is 5.70. The summed E-state index contributed by atoms with van der Waals surface area (Å²) in [7, 11) is 0. The Morgan fingerprint density at radius 1 is 1.53 bits per heavy atom. The number of hydrogen-bond acceptors (Lipinski definition) is 5. The normalized spacial score (nSPS) is 14.4. The standard InChI is InChI=1S/C12H13N3O3S/c1-8-3-4-9(15(17)18)7-10(8)11(16)14-6-5-13-12(14)19-2/h3-4,7H,5-6H2,1-2H3. The number of non-ortho nitro benzene ring substituents is 1. The number of nitro groups is 1. The minimum Gasteiger partial charge on any atom is -0.286 e. The molecule has 1 aliphatic heterocycles. The second-order valence-corrected chi connectivity index (χ2v) is 4.85. The molecular formula is C12H13N3O3S. The zero-order valence-electron chi connectivity index (χ0n) is 10.6. The van der Waals surface area contributed by atoms with E-state index in [4.69, 9.17) is 0 Å². The molecule has 6 nitrogen and oxygen atoms in total. The van der Waals surface area contributed by atoms with E-state index in [0.717, 1.165) is 5.56 Å². The van der Waals surface area contributed by atoms with E-state index in [1.54, 1.807) is 17.9 Å². The van der Waals surface area contributed by atoms with Gasteiger partial charge in [0.2, 0.25) is 0 Å². The van der Waals surface area contributed by atoms with Gasteiger partial charge >= 0.3 is 0 Å². The predicted octanol–water partition coefficient (Wildman–Crippen LogP) is 2.08. The van der Waals surface area contributed by atoms with Crippen LogP contribution in [0.4, 0.5) is 5.69 Å². The van der Waals surface area contributed by atoms with Gasteiger partial charge in [-0.15, -0.1) is 0 Å². The van der Waals surface area contributed by atoms with Crippen LogP contribution in [0, 0.1) is 17.0 Å². The Bertz CT molecular complexity index is 571. The molecule has 100 valence electrons. The van der Waals surface area contributed by atoms with Gasteiger partial charge in [0.25, 0.3) is 11.6 Å². The summed E-state index contributed by atoms with van der Waals surface area (Å²) >= 11 is 1.40. The van der Waals surface area contributed by atoms with E-state index in [0.29, 0.717) is 23.8 Å². The van der Waals surface area contributed by atoms with Crippen LogP contribution in [-0.4, -0.2) is 40.2 Å². The summed E-state index contributed by atoms with van der Waals surface area (Å²) in [6, 6.07) is 4.32. The largest absolute Gasteiger partial charge is 0.286 e. The molecule has 19 heavy (non-hydrogen) atoms. The van der Waals surface area contributed by atoms with E-state index in [1.807, 2.05) is 6.26 Å². The third-order valence-corrected chi connectivity index (χ3v) is 3.61. The van der Waals surface area contributed by atoms with E-state index >= 15 is 0 Å². The van der Waals surface area contributed by atoms with Gasteiger partial charge in [-0.05, 0) is 18.7 Å². The van der Waals surface area contributed by atoms with Crippen LogP contribution in [0.3, 0.4) is 0 Å². The average molecular weight is 279 g/mol. The second-order valence-electron chi connectivity index (χ2n) is 4.08. The first-order valence-corrected chi connectivity index (χ1v) is 6.92. The van der Waals surface area contributed by atoms with Crippen molar-refractivity contribution >= 4 is 28.5 Å². The van der Waals surface area contributed by atoms with Crippen LogP contribution < -0.4 is 0 Å². The lowest BCUT2D eigenvalue weighted by Crippen LogP contribution is -2.33. The van der Waals surface area contributed by atoms with Crippen molar-refractivity contribution in [2.45, 2.75) is 6.92 Å². The molecule has 7 heteroatoms. The Morgan fingerprint density at radius 2 is 2.26 bits per heavy atom. The third kappa shape index (κ3) is 2.60. The maximum atomic E-state index is 12.4. The van der Waals surface area contributed by atoms with Crippen LogP contribution in [0.15, 0.2) is 23.2 Å². The number of carbonyl (C=O) groups excluding carboxylic acids is 1. The van der Waals surface area contributed by atoms with Crippen molar-refractivity contribution in [1.82, 2.24) is 4.90 Å². The third-order valence-electron chi connectivity index (χ3n) is 2.89. The first kappa shape index (κ1) is 13.5. The number of nitro benzene ring substituents is 1. The molecule has 0 saturated carbocycles. The number of benzene rings is 1. The van der Waals surface area contributed by atoms with Crippen LogP contribution in [0.5, 0.6) is 0 Å². The van der Waals surface area contributed by atoms with Gasteiger partial charge in [0.15, 0.2) is 5.17 Å². The summed E-state index contributed by atoms with van der Waals surface area (Å²) in [6.07, 6.45) is 1.85. The van der Waals surface area contributed by atoms with Gasteiger partial charge in [0.05, 0.1) is 11.5 Å². The molecule has 1 heterocycles. The van der Waals surface area contributed by atoms with Crippen LogP contribution in [0.2, 0.25) is 0 Å². The van der Waals surface area contributed by atoms with Gasteiger partial charge in [-0.25, -0.2) is 0 Å². The predicted molar refractivity (Wildman–Crippen MR) is 74.7 cm³/mol. The molecule has 0 saturated heterocycles. The maximum absolute atomic E-state index is 12.4. The second kappa shape index (κ2) is 5.40. The minimum atomic E-state index is -0.496. The number of thioether (sulfide) groups is 1. The molecule has 2 rings (SSSR count). The minimum absolute atomic E-state index is 0.0733. The Labute approximate surface area is 114 Å². The molecule has 0 N–H and O–H groups in total. The van der Waals surface area contributed by atoms with E-state index in [9.17, 15) is 14.9 Å². The topological polar surface area (TPSA) is 75.8 Å². The fraction of sp³-hybridized carbons (Fsp3) is 0.333. The Morgan fingerprint density at radius 3 is 2.89 bits per heavy atom. The molecule has 1 amide bonds. The van der Waals surface area contributed by atoms with Crippen LogP contribution in [0.25, 0.3) is 0 Å². The van der Waals surface area contributed by atoms with Crippen molar-refractivity contribution in [1.29, 1.82) is 0 Å². The van der Waals surface area contributed by atoms with Gasteiger partial charge in [-0.3, -0.25) is 24.8 Å². The highest BCUT2D eigenvalue weighted by Crippen LogP contribution is 2.21. The zero-order chi connectivity index (χ0) is 14.0. The molecule has 0 fully saturated rings. The molecule has 0 aromatic heterocycles. The van der Waals surface area contributed by atoms with Gasteiger partial charge in [0.1, 0.15) is 0 Å². The lowest BCUT2D eigenvalue weighted by atomic mass is 10.1. The summed E-state index contributed by atoms with van der Waals surface area (Å²) < 4.78 is 0. The molecule has 0 bridgehead atoms. The zero-order valence-corrected chi connectivity index (χ0v) is 11.4. The van der Waals surface area contributed by atoms with E-state index in [-0.39, 0.29) is 11.6 Å². The summed E-state index contributed by atoms with van der Waals surface area (Å²) in [6.45, 7) is 2.87. The Balaban J connectivity index is 2.36. The quantitative estimate of drug-likeness (QED) is 0.613. The summed E-state index contributed by atoms with van der Waals surface area (Å²) in [5.41, 5.74) is 1.01.